The molecule has 1 heterocycles. The Bertz CT molecular complexity index is 589. The van der Waals surface area contributed by atoms with Gasteiger partial charge in [0.15, 0.2) is 0 Å². The number of aliphatic hydroxyl groups is 1. The normalized spacial score (nSPS) is 19.5. The summed E-state index contributed by atoms with van der Waals surface area (Å²) in [5.74, 6) is -3.16. The van der Waals surface area contributed by atoms with E-state index in [2.05, 4.69) is 21.3 Å². The Morgan fingerprint density at radius 3 is 2.07 bits per heavy atom. The van der Waals surface area contributed by atoms with Gasteiger partial charge in [-0.1, -0.05) is 27.7 Å². The van der Waals surface area contributed by atoms with Gasteiger partial charge in [-0.2, -0.15) is 0 Å². The van der Waals surface area contributed by atoms with E-state index in [4.69, 9.17) is 0 Å². The quantitative estimate of drug-likeness (QED) is 0.252. The van der Waals surface area contributed by atoms with E-state index in [1.54, 1.807) is 13.8 Å². The zero-order chi connectivity index (χ0) is 22.1. The number of carboxylic acid groups (broad SMARTS) is 1. The summed E-state index contributed by atoms with van der Waals surface area (Å²) in [5, 5.41) is 29.3. The predicted octanol–water partition coefficient (Wildman–Crippen LogP) is -1.03. The molecule has 4 unspecified atom stereocenters. The van der Waals surface area contributed by atoms with E-state index in [-0.39, 0.29) is 23.8 Å². The molecule has 0 aromatic rings. The third-order valence-corrected chi connectivity index (χ3v) is 4.76. The summed E-state index contributed by atoms with van der Waals surface area (Å²) >= 11 is 0. The van der Waals surface area contributed by atoms with Crippen LogP contribution in [0.25, 0.3) is 0 Å². The summed E-state index contributed by atoms with van der Waals surface area (Å²) in [6.45, 7) is 7.11. The van der Waals surface area contributed by atoms with Crippen LogP contribution in [0.2, 0.25) is 0 Å². The fourth-order valence-electron chi connectivity index (χ4n) is 3.12. The van der Waals surface area contributed by atoms with E-state index in [0.717, 1.165) is 13.0 Å². The zero-order valence-electron chi connectivity index (χ0n) is 17.5. The number of carbonyl (C=O) groups is 4. The molecular formula is C19H34N4O6. The molecule has 29 heavy (non-hydrogen) atoms. The van der Waals surface area contributed by atoms with Crippen LogP contribution in [0.3, 0.4) is 0 Å². The number of amides is 3. The van der Waals surface area contributed by atoms with Crippen LogP contribution in [-0.4, -0.2) is 71.2 Å². The largest absolute Gasteiger partial charge is 0.480 e. The van der Waals surface area contributed by atoms with Crippen LogP contribution in [0.4, 0.5) is 0 Å². The lowest BCUT2D eigenvalue weighted by Crippen LogP contribution is -2.58. The lowest BCUT2D eigenvalue weighted by molar-refractivity contribution is -0.143. The summed E-state index contributed by atoms with van der Waals surface area (Å²) in [7, 11) is 0. The highest BCUT2D eigenvalue weighted by Crippen LogP contribution is 2.09. The molecule has 0 bridgehead atoms. The van der Waals surface area contributed by atoms with E-state index in [1.165, 1.54) is 0 Å². The molecule has 1 aliphatic heterocycles. The molecule has 166 valence electrons. The minimum Gasteiger partial charge on any atom is -0.480 e. The molecule has 10 nitrogen and oxygen atoms in total. The molecule has 0 radical (unpaired) electrons. The maximum Gasteiger partial charge on any atom is 0.326 e. The molecule has 1 saturated heterocycles. The van der Waals surface area contributed by atoms with E-state index >= 15 is 0 Å². The molecule has 0 spiro atoms. The average Bonchev–Trinajstić information content (AvgIpc) is 3.16. The Morgan fingerprint density at radius 1 is 1.00 bits per heavy atom. The smallest absolute Gasteiger partial charge is 0.326 e. The van der Waals surface area contributed by atoms with Crippen molar-refractivity contribution in [3.8, 4) is 0 Å². The van der Waals surface area contributed by atoms with Crippen LogP contribution in [-0.2, 0) is 19.2 Å². The van der Waals surface area contributed by atoms with Crippen molar-refractivity contribution in [1.82, 2.24) is 21.3 Å². The fraction of sp³-hybridized carbons (Fsp3) is 0.789. The number of rotatable bonds is 11. The van der Waals surface area contributed by atoms with Crippen LogP contribution in [0.15, 0.2) is 0 Å². The Balaban J connectivity index is 2.79. The van der Waals surface area contributed by atoms with Crippen LogP contribution in [0, 0.1) is 11.8 Å². The molecule has 6 N–H and O–H groups in total. The molecule has 0 aromatic carbocycles. The molecule has 4 atom stereocenters. The van der Waals surface area contributed by atoms with Gasteiger partial charge in [0.05, 0.1) is 12.6 Å². The monoisotopic (exact) mass is 414 g/mol. The Labute approximate surface area is 171 Å². The second-order valence-electron chi connectivity index (χ2n) is 8.15. The standard InChI is InChI=1S/C19H34N4O6/c1-10(2)8-13(21-16(25)12-6-5-7-20-12)17(26)22-14(9-24)18(27)23-15(11(3)4)19(28)29/h10-15,20,24H,5-9H2,1-4H3,(H,21,25)(H,22,26)(H,23,27)(H,28,29). The Kier molecular flexibility index (Phi) is 10.0. The fourth-order valence-corrected chi connectivity index (χ4v) is 3.12. The van der Waals surface area contributed by atoms with E-state index in [1.807, 2.05) is 13.8 Å². The number of hydrogen-bond donors (Lipinski definition) is 6. The van der Waals surface area contributed by atoms with Crippen molar-refractivity contribution < 1.29 is 29.4 Å². The SMILES string of the molecule is CC(C)CC(NC(=O)C1CCCN1)C(=O)NC(CO)C(=O)NC(C(=O)O)C(C)C. The minimum absolute atomic E-state index is 0.0984. The van der Waals surface area contributed by atoms with Gasteiger partial charge < -0.3 is 31.5 Å². The van der Waals surface area contributed by atoms with Gasteiger partial charge >= 0.3 is 5.97 Å². The van der Waals surface area contributed by atoms with Gasteiger partial charge in [0.1, 0.15) is 18.1 Å². The van der Waals surface area contributed by atoms with Crippen LogP contribution < -0.4 is 21.3 Å². The maximum absolute atomic E-state index is 12.7. The van der Waals surface area contributed by atoms with Gasteiger partial charge in [-0.3, -0.25) is 14.4 Å². The highest BCUT2D eigenvalue weighted by atomic mass is 16.4. The predicted molar refractivity (Wildman–Crippen MR) is 106 cm³/mol. The number of aliphatic carboxylic acids is 1. The lowest BCUT2D eigenvalue weighted by atomic mass is 10.0. The second kappa shape index (κ2) is 11.7. The minimum atomic E-state index is -1.32. The summed E-state index contributed by atoms with van der Waals surface area (Å²) < 4.78 is 0. The molecule has 10 heteroatoms. The Hall–Kier alpha value is -2.20. The number of aliphatic hydroxyl groups excluding tert-OH is 1. The van der Waals surface area contributed by atoms with Gasteiger partial charge in [-0.25, -0.2) is 4.79 Å². The first-order chi connectivity index (χ1) is 13.6. The molecule has 0 aliphatic carbocycles. The summed E-state index contributed by atoms with van der Waals surface area (Å²) in [4.78, 5) is 48.7. The van der Waals surface area contributed by atoms with Crippen molar-refractivity contribution in [3.63, 3.8) is 0 Å². The summed E-state index contributed by atoms with van der Waals surface area (Å²) in [6.07, 6.45) is 1.93. The molecular weight excluding hydrogens is 380 g/mol. The molecule has 1 aliphatic rings. The van der Waals surface area contributed by atoms with Crippen molar-refractivity contribution in [2.75, 3.05) is 13.2 Å². The van der Waals surface area contributed by atoms with E-state index in [9.17, 15) is 29.4 Å². The highest BCUT2D eigenvalue weighted by Gasteiger charge is 2.32. The van der Waals surface area contributed by atoms with Gasteiger partial charge in [0.2, 0.25) is 17.7 Å². The molecule has 1 rings (SSSR count). The van der Waals surface area contributed by atoms with Gasteiger partial charge in [0.25, 0.3) is 0 Å². The third-order valence-electron chi connectivity index (χ3n) is 4.76. The van der Waals surface area contributed by atoms with Crippen LogP contribution in [0.5, 0.6) is 0 Å². The third kappa shape index (κ3) is 7.98. The first-order valence-electron chi connectivity index (χ1n) is 10.0. The van der Waals surface area contributed by atoms with Crippen molar-refractivity contribution in [2.45, 2.75) is 71.1 Å². The van der Waals surface area contributed by atoms with Gasteiger partial charge in [-0.05, 0) is 37.6 Å². The number of nitrogens with one attached hydrogen (secondary N) is 4. The van der Waals surface area contributed by atoms with E-state index in [0.29, 0.717) is 12.8 Å². The average molecular weight is 415 g/mol. The van der Waals surface area contributed by atoms with E-state index < -0.39 is 42.5 Å². The molecule has 1 fully saturated rings. The lowest BCUT2D eigenvalue weighted by Gasteiger charge is -2.25. The van der Waals surface area contributed by atoms with Crippen molar-refractivity contribution in [2.24, 2.45) is 11.8 Å². The van der Waals surface area contributed by atoms with Crippen molar-refractivity contribution in [3.05, 3.63) is 0 Å². The summed E-state index contributed by atoms with van der Waals surface area (Å²) in [6, 6.07) is -3.68. The first kappa shape index (κ1) is 24.8. The van der Waals surface area contributed by atoms with Crippen LogP contribution in [0.1, 0.15) is 47.0 Å². The maximum atomic E-state index is 12.7. The molecule has 0 aromatic heterocycles. The number of carbonyl (C=O) groups excluding carboxylic acids is 3. The Morgan fingerprint density at radius 2 is 1.62 bits per heavy atom. The summed E-state index contributed by atoms with van der Waals surface area (Å²) in [5.41, 5.74) is 0. The number of hydrogen-bond acceptors (Lipinski definition) is 6. The van der Waals surface area contributed by atoms with Crippen molar-refractivity contribution in [1.29, 1.82) is 0 Å². The van der Waals surface area contributed by atoms with Gasteiger partial charge in [-0.15, -0.1) is 0 Å². The van der Waals surface area contributed by atoms with Crippen molar-refractivity contribution >= 4 is 23.7 Å². The van der Waals surface area contributed by atoms with Gasteiger partial charge in [0, 0.05) is 0 Å². The first-order valence-corrected chi connectivity index (χ1v) is 10.0. The number of carboxylic acids is 1. The highest BCUT2D eigenvalue weighted by molar-refractivity contribution is 5.94. The zero-order valence-corrected chi connectivity index (χ0v) is 17.5. The topological polar surface area (TPSA) is 157 Å². The van der Waals surface area contributed by atoms with Crippen LogP contribution >= 0.6 is 0 Å². The second-order valence-corrected chi connectivity index (χ2v) is 8.15. The molecule has 0 saturated carbocycles. The molecule has 3 amide bonds.